The fraction of sp³-hybridized carbons (Fsp3) is 0.300. The van der Waals surface area contributed by atoms with Crippen LogP contribution in [0, 0.1) is 11.6 Å². The predicted molar refractivity (Wildman–Crippen MR) is 64.4 cm³/mol. The van der Waals surface area contributed by atoms with Crippen LogP contribution in [0.5, 0.6) is 0 Å². The molecule has 1 amide bonds. The lowest BCUT2D eigenvalue weighted by molar-refractivity contribution is -0.118. The summed E-state index contributed by atoms with van der Waals surface area (Å²) in [5.41, 5.74) is 9.84. The third-order valence-corrected chi connectivity index (χ3v) is 3.79. The van der Waals surface area contributed by atoms with E-state index in [2.05, 4.69) is 0 Å². The Morgan fingerprint density at radius 2 is 1.84 bits per heavy atom. The van der Waals surface area contributed by atoms with Crippen molar-refractivity contribution in [3.8, 4) is 0 Å². The van der Waals surface area contributed by atoms with E-state index in [1.807, 2.05) is 4.72 Å². The summed E-state index contributed by atoms with van der Waals surface area (Å²) >= 11 is 0. The summed E-state index contributed by atoms with van der Waals surface area (Å²) < 4.78 is 52.5. The van der Waals surface area contributed by atoms with Gasteiger partial charge in [0.2, 0.25) is 15.9 Å². The van der Waals surface area contributed by atoms with E-state index in [1.165, 1.54) is 6.92 Å². The molecule has 0 aliphatic carbocycles. The number of hydrogen-bond acceptors (Lipinski definition) is 4. The van der Waals surface area contributed by atoms with Crippen molar-refractivity contribution >= 4 is 21.6 Å². The van der Waals surface area contributed by atoms with E-state index in [4.69, 9.17) is 11.5 Å². The summed E-state index contributed by atoms with van der Waals surface area (Å²) in [6, 6.07) is 0.492. The van der Waals surface area contributed by atoms with Crippen molar-refractivity contribution in [2.75, 3.05) is 5.73 Å². The van der Waals surface area contributed by atoms with Gasteiger partial charge in [0.15, 0.2) is 4.90 Å². The Bertz CT molecular complexity index is 581. The molecule has 1 atom stereocenters. The fourth-order valence-corrected chi connectivity index (χ4v) is 2.87. The van der Waals surface area contributed by atoms with Crippen molar-refractivity contribution in [1.82, 2.24) is 4.72 Å². The Morgan fingerprint density at radius 3 is 2.26 bits per heavy atom. The molecule has 0 heterocycles. The second-order valence-corrected chi connectivity index (χ2v) is 5.66. The summed E-state index contributed by atoms with van der Waals surface area (Å²) in [4.78, 5) is 9.49. The largest absolute Gasteiger partial charge is 0.399 e. The van der Waals surface area contributed by atoms with E-state index < -0.39 is 38.5 Å². The number of carbonyl (C=O) groups is 1. The van der Waals surface area contributed by atoms with E-state index in [9.17, 15) is 22.0 Å². The van der Waals surface area contributed by atoms with Crippen molar-refractivity contribution in [3.63, 3.8) is 0 Å². The normalized spacial score (nSPS) is 13.2. The van der Waals surface area contributed by atoms with Gasteiger partial charge in [-0.2, -0.15) is 0 Å². The zero-order valence-corrected chi connectivity index (χ0v) is 10.8. The first-order valence-electron chi connectivity index (χ1n) is 5.18. The Kier molecular flexibility index (Phi) is 4.43. The highest BCUT2D eigenvalue weighted by atomic mass is 32.2. The number of hydrogen-bond donors (Lipinski definition) is 3. The van der Waals surface area contributed by atoms with Crippen LogP contribution >= 0.6 is 0 Å². The predicted octanol–water partition coefficient (Wildman–Crippen LogP) is 0.0892. The van der Waals surface area contributed by atoms with Crippen molar-refractivity contribution in [2.45, 2.75) is 24.3 Å². The lowest BCUT2D eigenvalue weighted by atomic mass is 10.2. The van der Waals surface area contributed by atoms with Crippen LogP contribution in [-0.4, -0.2) is 20.4 Å². The van der Waals surface area contributed by atoms with Crippen molar-refractivity contribution in [3.05, 3.63) is 23.8 Å². The summed E-state index contributed by atoms with van der Waals surface area (Å²) in [5, 5.41) is 0. The number of anilines is 1. The van der Waals surface area contributed by atoms with E-state index in [0.717, 1.165) is 0 Å². The number of nitrogens with two attached hydrogens (primary N) is 2. The standard InChI is InChI=1S/C10H13F2N3O3S/c1-5(2-9(14)16)15-19(17,18)10-7(11)3-6(13)4-8(10)12/h3-5,15H,2,13H2,1H3,(H2,14,16). The van der Waals surface area contributed by atoms with E-state index >= 15 is 0 Å². The fourth-order valence-electron chi connectivity index (χ4n) is 1.50. The van der Waals surface area contributed by atoms with Gasteiger partial charge < -0.3 is 11.5 Å². The molecule has 9 heteroatoms. The number of halogens is 2. The molecular weight excluding hydrogens is 280 g/mol. The Balaban J connectivity index is 3.11. The molecule has 1 aromatic carbocycles. The molecule has 0 aliphatic rings. The number of rotatable bonds is 5. The van der Waals surface area contributed by atoms with Crippen molar-refractivity contribution < 1.29 is 22.0 Å². The molecule has 0 bridgehead atoms. The Morgan fingerprint density at radius 1 is 1.37 bits per heavy atom. The molecule has 0 fully saturated rings. The molecule has 0 radical (unpaired) electrons. The lowest BCUT2D eigenvalue weighted by Crippen LogP contribution is -2.36. The van der Waals surface area contributed by atoms with Crippen LogP contribution in [-0.2, 0) is 14.8 Å². The van der Waals surface area contributed by atoms with Gasteiger partial charge in [0.1, 0.15) is 11.6 Å². The van der Waals surface area contributed by atoms with Gasteiger partial charge in [0, 0.05) is 18.2 Å². The molecule has 1 aromatic rings. The van der Waals surface area contributed by atoms with Gasteiger partial charge in [0.05, 0.1) is 0 Å². The number of amides is 1. The van der Waals surface area contributed by atoms with Gasteiger partial charge >= 0.3 is 0 Å². The van der Waals surface area contributed by atoms with Gasteiger partial charge in [0.25, 0.3) is 0 Å². The maximum Gasteiger partial charge on any atom is 0.246 e. The van der Waals surface area contributed by atoms with Crippen molar-refractivity contribution in [2.24, 2.45) is 5.73 Å². The van der Waals surface area contributed by atoms with E-state index in [1.54, 1.807) is 0 Å². The smallest absolute Gasteiger partial charge is 0.246 e. The van der Waals surface area contributed by atoms with Crippen LogP contribution in [0.15, 0.2) is 17.0 Å². The number of carbonyl (C=O) groups excluding carboxylic acids is 1. The third kappa shape index (κ3) is 3.86. The first-order chi connectivity index (χ1) is 8.63. The highest BCUT2D eigenvalue weighted by Gasteiger charge is 2.26. The summed E-state index contributed by atoms with van der Waals surface area (Å²) in [6.45, 7) is 1.34. The molecule has 0 aromatic heterocycles. The third-order valence-electron chi connectivity index (χ3n) is 2.15. The molecule has 0 saturated carbocycles. The van der Waals surface area contributed by atoms with Gasteiger partial charge in [-0.05, 0) is 19.1 Å². The summed E-state index contributed by atoms with van der Waals surface area (Å²) in [5.74, 6) is -3.36. The van der Waals surface area contributed by atoms with Crippen LogP contribution < -0.4 is 16.2 Å². The van der Waals surface area contributed by atoms with Crippen LogP contribution in [0.1, 0.15) is 13.3 Å². The maximum atomic E-state index is 13.5. The summed E-state index contributed by atoms with van der Waals surface area (Å²) in [7, 11) is -4.45. The van der Waals surface area contributed by atoms with Crippen LogP contribution in [0.25, 0.3) is 0 Å². The molecule has 19 heavy (non-hydrogen) atoms. The topological polar surface area (TPSA) is 115 Å². The molecule has 0 saturated heterocycles. The number of primary amides is 1. The quantitative estimate of drug-likeness (QED) is 0.667. The highest BCUT2D eigenvalue weighted by Crippen LogP contribution is 2.21. The molecule has 0 aliphatic heterocycles. The average molecular weight is 293 g/mol. The van der Waals surface area contributed by atoms with Crippen LogP contribution in [0.4, 0.5) is 14.5 Å². The molecule has 106 valence electrons. The number of sulfonamides is 1. The average Bonchev–Trinajstić information content (AvgIpc) is 2.10. The number of nitrogens with one attached hydrogen (secondary N) is 1. The van der Waals surface area contributed by atoms with Gasteiger partial charge in [-0.3, -0.25) is 4.79 Å². The first kappa shape index (κ1) is 15.3. The van der Waals surface area contributed by atoms with Gasteiger partial charge in [-0.1, -0.05) is 0 Å². The van der Waals surface area contributed by atoms with Crippen LogP contribution in [0.3, 0.4) is 0 Å². The van der Waals surface area contributed by atoms with Crippen LogP contribution in [0.2, 0.25) is 0 Å². The van der Waals surface area contributed by atoms with Gasteiger partial charge in [-0.25, -0.2) is 21.9 Å². The first-order valence-corrected chi connectivity index (χ1v) is 6.67. The SMILES string of the molecule is CC(CC(N)=O)NS(=O)(=O)c1c(F)cc(N)cc1F. The molecule has 5 N–H and O–H groups in total. The highest BCUT2D eigenvalue weighted by molar-refractivity contribution is 7.89. The van der Waals surface area contributed by atoms with E-state index in [0.29, 0.717) is 12.1 Å². The molecule has 0 spiro atoms. The zero-order valence-electron chi connectivity index (χ0n) is 9.98. The lowest BCUT2D eigenvalue weighted by Gasteiger charge is -2.13. The van der Waals surface area contributed by atoms with Crippen molar-refractivity contribution in [1.29, 1.82) is 0 Å². The minimum absolute atomic E-state index is 0.237. The maximum absolute atomic E-state index is 13.5. The van der Waals surface area contributed by atoms with E-state index in [-0.39, 0.29) is 12.1 Å². The molecular formula is C10H13F2N3O3S. The molecule has 6 nitrogen and oxygen atoms in total. The minimum Gasteiger partial charge on any atom is -0.399 e. The minimum atomic E-state index is -4.45. The monoisotopic (exact) mass is 293 g/mol. The van der Waals surface area contributed by atoms with Gasteiger partial charge in [-0.15, -0.1) is 0 Å². The zero-order chi connectivity index (χ0) is 14.8. The molecule has 1 unspecified atom stereocenters. The number of benzene rings is 1. The Labute approximate surface area is 108 Å². The second kappa shape index (κ2) is 5.49. The summed E-state index contributed by atoms with van der Waals surface area (Å²) in [6.07, 6.45) is -0.294. The Hall–Kier alpha value is -1.74. The number of nitrogen functional groups attached to an aromatic ring is 1. The molecule has 1 rings (SSSR count). The second-order valence-electron chi connectivity index (χ2n) is 4.01.